The number of nitrogens with one attached hydrogen (secondary N) is 1. The molecule has 1 aromatic carbocycles. The van der Waals surface area contributed by atoms with Crippen molar-refractivity contribution < 1.29 is 23.0 Å². The molecule has 1 heterocycles. The molecule has 1 saturated heterocycles. The molecule has 1 aromatic rings. The Morgan fingerprint density at radius 2 is 1.86 bits per heavy atom. The van der Waals surface area contributed by atoms with Crippen molar-refractivity contribution in [3.8, 4) is 11.5 Å². The van der Waals surface area contributed by atoms with Gasteiger partial charge in [0.25, 0.3) is 0 Å². The van der Waals surface area contributed by atoms with Gasteiger partial charge in [-0.25, -0.2) is 0 Å². The topological polar surface area (TPSA) is 39.7 Å². The number of methoxy groups -OCH3 is 2. The SMILES string of the molecule is COc1cc(CC2CCCN2)c(OC)cc1COC(F)F. The van der Waals surface area contributed by atoms with Crippen LogP contribution in [-0.2, 0) is 17.8 Å². The lowest BCUT2D eigenvalue weighted by atomic mass is 10.0. The van der Waals surface area contributed by atoms with Crippen molar-refractivity contribution in [2.24, 2.45) is 0 Å². The summed E-state index contributed by atoms with van der Waals surface area (Å²) in [5.41, 5.74) is 1.56. The zero-order valence-corrected chi connectivity index (χ0v) is 12.3. The number of alkyl halides is 2. The van der Waals surface area contributed by atoms with Crippen LogP contribution < -0.4 is 14.8 Å². The fraction of sp³-hybridized carbons (Fsp3) is 0.600. The number of halogens is 2. The molecule has 1 aliphatic rings. The summed E-state index contributed by atoms with van der Waals surface area (Å²) in [6.07, 6.45) is 3.13. The van der Waals surface area contributed by atoms with Crippen molar-refractivity contribution in [1.82, 2.24) is 5.32 Å². The highest BCUT2D eigenvalue weighted by Crippen LogP contribution is 2.31. The van der Waals surface area contributed by atoms with Crippen LogP contribution in [0.3, 0.4) is 0 Å². The standard InChI is InChI=1S/C15H21F2NO3/c1-19-13-8-11(9-21-15(16)17)14(20-2)7-10(13)6-12-4-3-5-18-12/h7-8,12,15,18H,3-6,9H2,1-2H3. The third kappa shape index (κ3) is 4.28. The van der Waals surface area contributed by atoms with Gasteiger partial charge in [0.05, 0.1) is 20.8 Å². The van der Waals surface area contributed by atoms with E-state index in [1.165, 1.54) is 13.5 Å². The van der Waals surface area contributed by atoms with E-state index in [0.29, 0.717) is 23.1 Å². The molecule has 0 radical (unpaired) electrons. The normalized spacial score (nSPS) is 18.2. The second-order valence-corrected chi connectivity index (χ2v) is 5.04. The van der Waals surface area contributed by atoms with Crippen LogP contribution in [0.4, 0.5) is 8.78 Å². The fourth-order valence-corrected chi connectivity index (χ4v) is 2.65. The lowest BCUT2D eigenvalue weighted by Crippen LogP contribution is -2.23. The van der Waals surface area contributed by atoms with Crippen molar-refractivity contribution in [3.05, 3.63) is 23.3 Å². The van der Waals surface area contributed by atoms with E-state index in [0.717, 1.165) is 24.9 Å². The number of rotatable bonds is 7. The minimum Gasteiger partial charge on any atom is -0.496 e. The Hall–Kier alpha value is -1.40. The Bertz CT molecular complexity index is 462. The number of benzene rings is 1. The highest BCUT2D eigenvalue weighted by molar-refractivity contribution is 5.46. The van der Waals surface area contributed by atoms with Gasteiger partial charge in [0.1, 0.15) is 11.5 Å². The van der Waals surface area contributed by atoms with Gasteiger partial charge in [0, 0.05) is 11.6 Å². The predicted octanol–water partition coefficient (Wildman–Crippen LogP) is 2.74. The summed E-state index contributed by atoms with van der Waals surface area (Å²) in [5.74, 6) is 1.22. The van der Waals surface area contributed by atoms with Crippen LogP contribution in [0.2, 0.25) is 0 Å². The van der Waals surface area contributed by atoms with Crippen molar-refractivity contribution in [1.29, 1.82) is 0 Å². The molecule has 1 atom stereocenters. The molecule has 0 aromatic heterocycles. The Labute approximate surface area is 123 Å². The summed E-state index contributed by atoms with van der Waals surface area (Å²) in [5, 5.41) is 3.43. The van der Waals surface area contributed by atoms with Crippen molar-refractivity contribution in [2.45, 2.75) is 38.5 Å². The van der Waals surface area contributed by atoms with Crippen LogP contribution in [0, 0.1) is 0 Å². The van der Waals surface area contributed by atoms with Gasteiger partial charge in [-0.15, -0.1) is 0 Å². The molecule has 0 bridgehead atoms. The van der Waals surface area contributed by atoms with Gasteiger partial charge in [-0.1, -0.05) is 0 Å². The maximum atomic E-state index is 12.2. The first-order valence-electron chi connectivity index (χ1n) is 7.01. The highest BCUT2D eigenvalue weighted by Gasteiger charge is 2.19. The second-order valence-electron chi connectivity index (χ2n) is 5.04. The predicted molar refractivity (Wildman–Crippen MR) is 75.1 cm³/mol. The molecule has 2 rings (SSSR count). The molecule has 4 nitrogen and oxygen atoms in total. The molecule has 1 unspecified atom stereocenters. The van der Waals surface area contributed by atoms with Crippen molar-refractivity contribution >= 4 is 0 Å². The van der Waals surface area contributed by atoms with Crippen LogP contribution in [0.15, 0.2) is 12.1 Å². The van der Waals surface area contributed by atoms with E-state index in [1.807, 2.05) is 6.07 Å². The van der Waals surface area contributed by atoms with E-state index in [9.17, 15) is 8.78 Å². The van der Waals surface area contributed by atoms with E-state index in [1.54, 1.807) is 13.2 Å². The highest BCUT2D eigenvalue weighted by atomic mass is 19.3. The van der Waals surface area contributed by atoms with Crippen molar-refractivity contribution in [2.75, 3.05) is 20.8 Å². The third-order valence-electron chi connectivity index (χ3n) is 3.68. The van der Waals surface area contributed by atoms with Crippen LogP contribution in [0.5, 0.6) is 11.5 Å². The summed E-state index contributed by atoms with van der Waals surface area (Å²) in [6.45, 7) is -1.98. The molecule has 1 N–H and O–H groups in total. The van der Waals surface area contributed by atoms with E-state index in [-0.39, 0.29) is 6.61 Å². The Balaban J connectivity index is 2.19. The molecule has 0 amide bonds. The molecule has 0 saturated carbocycles. The first-order chi connectivity index (χ1) is 10.1. The number of hydrogen-bond acceptors (Lipinski definition) is 4. The number of ether oxygens (including phenoxy) is 3. The van der Waals surface area contributed by atoms with Gasteiger partial charge in [0.2, 0.25) is 0 Å². The average Bonchev–Trinajstić information content (AvgIpc) is 2.98. The molecule has 1 fully saturated rings. The van der Waals surface area contributed by atoms with E-state index >= 15 is 0 Å². The Morgan fingerprint density at radius 3 is 2.43 bits per heavy atom. The van der Waals surface area contributed by atoms with Gasteiger partial charge >= 0.3 is 6.61 Å². The Morgan fingerprint density at radius 1 is 1.19 bits per heavy atom. The summed E-state index contributed by atoms with van der Waals surface area (Å²) in [6, 6.07) is 3.99. The first-order valence-corrected chi connectivity index (χ1v) is 7.01. The quantitative estimate of drug-likeness (QED) is 0.840. The molecule has 0 spiro atoms. The maximum Gasteiger partial charge on any atom is 0.345 e. The van der Waals surface area contributed by atoms with Gasteiger partial charge < -0.3 is 19.5 Å². The van der Waals surface area contributed by atoms with Crippen LogP contribution in [-0.4, -0.2) is 33.4 Å². The van der Waals surface area contributed by atoms with Gasteiger partial charge in [-0.05, 0) is 43.5 Å². The molecule has 1 aliphatic heterocycles. The fourth-order valence-electron chi connectivity index (χ4n) is 2.65. The monoisotopic (exact) mass is 301 g/mol. The minimum atomic E-state index is -2.80. The average molecular weight is 301 g/mol. The van der Waals surface area contributed by atoms with E-state index < -0.39 is 6.61 Å². The third-order valence-corrected chi connectivity index (χ3v) is 3.68. The lowest BCUT2D eigenvalue weighted by molar-refractivity contribution is -0.137. The zero-order chi connectivity index (χ0) is 15.2. The summed E-state index contributed by atoms with van der Waals surface area (Å²) in [7, 11) is 3.09. The van der Waals surface area contributed by atoms with E-state index in [2.05, 4.69) is 10.1 Å². The minimum absolute atomic E-state index is 0.209. The Kier molecular flexibility index (Phi) is 5.76. The van der Waals surface area contributed by atoms with Crippen LogP contribution >= 0.6 is 0 Å². The smallest absolute Gasteiger partial charge is 0.345 e. The lowest BCUT2D eigenvalue weighted by Gasteiger charge is -2.17. The molecular formula is C15H21F2NO3. The molecule has 118 valence electrons. The molecule has 21 heavy (non-hydrogen) atoms. The maximum absolute atomic E-state index is 12.2. The zero-order valence-electron chi connectivity index (χ0n) is 12.3. The second kappa shape index (κ2) is 7.56. The largest absolute Gasteiger partial charge is 0.496 e. The number of hydrogen-bond donors (Lipinski definition) is 1. The van der Waals surface area contributed by atoms with Crippen molar-refractivity contribution in [3.63, 3.8) is 0 Å². The van der Waals surface area contributed by atoms with Gasteiger partial charge in [-0.3, -0.25) is 0 Å². The van der Waals surface area contributed by atoms with Gasteiger partial charge in [-0.2, -0.15) is 8.78 Å². The van der Waals surface area contributed by atoms with E-state index in [4.69, 9.17) is 9.47 Å². The molecule has 6 heteroatoms. The molecular weight excluding hydrogens is 280 g/mol. The first kappa shape index (κ1) is 16.0. The van der Waals surface area contributed by atoms with Gasteiger partial charge in [0.15, 0.2) is 0 Å². The molecule has 0 aliphatic carbocycles. The van der Waals surface area contributed by atoms with Crippen LogP contribution in [0.25, 0.3) is 0 Å². The summed E-state index contributed by atoms with van der Waals surface area (Å²) < 4.78 is 39.4. The van der Waals surface area contributed by atoms with Crippen LogP contribution in [0.1, 0.15) is 24.0 Å². The summed E-state index contributed by atoms with van der Waals surface area (Å²) in [4.78, 5) is 0. The summed E-state index contributed by atoms with van der Waals surface area (Å²) >= 11 is 0.